The molecule has 0 saturated carbocycles. The predicted octanol–water partition coefficient (Wildman–Crippen LogP) is 3.92. The molecule has 2 aromatic rings. The summed E-state index contributed by atoms with van der Waals surface area (Å²) in [6.45, 7) is 4.07. The third-order valence-corrected chi connectivity index (χ3v) is 3.91. The van der Waals surface area contributed by atoms with E-state index >= 15 is 0 Å². The monoisotopic (exact) mass is 317 g/mol. The van der Waals surface area contributed by atoms with Crippen molar-refractivity contribution in [1.82, 2.24) is 0 Å². The van der Waals surface area contributed by atoms with Crippen molar-refractivity contribution in [3.05, 3.63) is 46.2 Å². The van der Waals surface area contributed by atoms with Gasteiger partial charge in [0, 0.05) is 10.4 Å². The second-order valence-corrected chi connectivity index (χ2v) is 5.95. The van der Waals surface area contributed by atoms with Gasteiger partial charge < -0.3 is 10.1 Å². The minimum atomic E-state index is -0.121. The van der Waals surface area contributed by atoms with Gasteiger partial charge in [0.2, 0.25) is 5.91 Å². The minimum Gasteiger partial charge on any atom is -0.491 e. The molecule has 0 spiro atoms. The van der Waals surface area contributed by atoms with Crippen LogP contribution in [0.4, 0.5) is 5.69 Å². The molecule has 4 nitrogen and oxygen atoms in total. The molecule has 0 saturated heterocycles. The van der Waals surface area contributed by atoms with Crippen LogP contribution in [-0.2, 0) is 11.2 Å². The molecule has 0 aliphatic rings. The summed E-state index contributed by atoms with van der Waals surface area (Å²) in [5.41, 5.74) is 1.10. The molecule has 0 fully saturated rings. The maximum atomic E-state index is 12.1. The van der Waals surface area contributed by atoms with Crippen molar-refractivity contribution in [1.29, 1.82) is 0 Å². The number of thiophene rings is 1. The fraction of sp³-hybridized carbons (Fsp3) is 0.294. The van der Waals surface area contributed by atoms with Gasteiger partial charge in [-0.05, 0) is 43.0 Å². The van der Waals surface area contributed by atoms with Gasteiger partial charge in [0.1, 0.15) is 5.75 Å². The summed E-state index contributed by atoms with van der Waals surface area (Å²) in [4.78, 5) is 24.7. The number of ketones is 1. The number of ether oxygens (including phenoxy) is 1. The Bertz CT molecular complexity index is 650. The molecule has 0 radical (unpaired) electrons. The van der Waals surface area contributed by atoms with Gasteiger partial charge in [0.05, 0.1) is 18.7 Å². The zero-order valence-electron chi connectivity index (χ0n) is 12.7. The summed E-state index contributed by atoms with van der Waals surface area (Å²) in [5.74, 6) is 0.423. The van der Waals surface area contributed by atoms with E-state index in [1.54, 1.807) is 29.5 Å². The Kier molecular flexibility index (Phi) is 5.72. The highest BCUT2D eigenvalue weighted by Crippen LogP contribution is 2.27. The number of carbonyl (C=O) groups excluding carboxylic acids is 2. The summed E-state index contributed by atoms with van der Waals surface area (Å²) in [6, 6.07) is 8.94. The van der Waals surface area contributed by atoms with Crippen LogP contribution in [0.1, 0.15) is 35.5 Å². The molecule has 1 aromatic heterocycles. The Labute approximate surface area is 134 Å². The van der Waals surface area contributed by atoms with Crippen LogP contribution in [0.3, 0.4) is 0 Å². The van der Waals surface area contributed by atoms with Gasteiger partial charge in [0.15, 0.2) is 5.78 Å². The van der Waals surface area contributed by atoms with Gasteiger partial charge in [0.25, 0.3) is 0 Å². The average molecular weight is 317 g/mol. The van der Waals surface area contributed by atoms with E-state index in [1.807, 2.05) is 24.4 Å². The summed E-state index contributed by atoms with van der Waals surface area (Å²) in [6.07, 6.45) is 1.19. The first kappa shape index (κ1) is 16.2. The Balaban J connectivity index is 2.16. The number of anilines is 1. The third-order valence-electron chi connectivity index (χ3n) is 3.04. The van der Waals surface area contributed by atoms with Crippen molar-refractivity contribution in [3.63, 3.8) is 0 Å². The van der Waals surface area contributed by atoms with Crippen molar-refractivity contribution in [3.8, 4) is 5.75 Å². The molecule has 5 heteroatoms. The Morgan fingerprint density at radius 1 is 1.27 bits per heavy atom. The van der Waals surface area contributed by atoms with Gasteiger partial charge in [-0.2, -0.15) is 0 Å². The summed E-state index contributed by atoms with van der Waals surface area (Å²) in [5, 5.41) is 4.78. The molecule has 116 valence electrons. The largest absolute Gasteiger partial charge is 0.491 e. The highest BCUT2D eigenvalue weighted by atomic mass is 32.1. The summed E-state index contributed by atoms with van der Waals surface area (Å²) >= 11 is 1.54. The molecule has 0 aliphatic heterocycles. The van der Waals surface area contributed by atoms with Gasteiger partial charge >= 0.3 is 0 Å². The highest BCUT2D eigenvalue weighted by molar-refractivity contribution is 7.10. The Hall–Kier alpha value is -2.14. The second kappa shape index (κ2) is 7.75. The molecule has 0 aliphatic carbocycles. The lowest BCUT2D eigenvalue weighted by atomic mass is 10.1. The van der Waals surface area contributed by atoms with E-state index in [2.05, 4.69) is 5.32 Å². The minimum absolute atomic E-state index is 0.0456. The fourth-order valence-corrected chi connectivity index (χ4v) is 2.65. The van der Waals surface area contributed by atoms with Gasteiger partial charge in [-0.15, -0.1) is 11.3 Å². The highest BCUT2D eigenvalue weighted by Gasteiger charge is 2.12. The van der Waals surface area contributed by atoms with Crippen LogP contribution in [0.5, 0.6) is 5.75 Å². The zero-order valence-corrected chi connectivity index (χ0v) is 13.5. The molecule has 22 heavy (non-hydrogen) atoms. The van der Waals surface area contributed by atoms with Crippen molar-refractivity contribution in [2.75, 3.05) is 11.9 Å². The number of hydrogen-bond acceptors (Lipinski definition) is 4. The number of benzene rings is 1. The van der Waals surface area contributed by atoms with Crippen molar-refractivity contribution < 1.29 is 14.3 Å². The van der Waals surface area contributed by atoms with Crippen LogP contribution in [0.2, 0.25) is 0 Å². The SMILES string of the molecule is CCCOc1ccc(C(C)=O)cc1NC(=O)Cc1cccs1. The molecule has 0 bridgehead atoms. The Morgan fingerprint density at radius 3 is 2.73 bits per heavy atom. The zero-order chi connectivity index (χ0) is 15.9. The fourth-order valence-electron chi connectivity index (χ4n) is 1.95. The van der Waals surface area contributed by atoms with Crippen LogP contribution in [-0.4, -0.2) is 18.3 Å². The number of hydrogen-bond donors (Lipinski definition) is 1. The molecule has 1 N–H and O–H groups in total. The number of Topliss-reactive ketones (excluding diaryl/α,β-unsaturated/α-hetero) is 1. The maximum absolute atomic E-state index is 12.1. The van der Waals surface area contributed by atoms with Crippen LogP contribution in [0.15, 0.2) is 35.7 Å². The maximum Gasteiger partial charge on any atom is 0.229 e. The van der Waals surface area contributed by atoms with Crippen molar-refractivity contribution in [2.24, 2.45) is 0 Å². The third kappa shape index (κ3) is 4.43. The quantitative estimate of drug-likeness (QED) is 0.787. The van der Waals surface area contributed by atoms with Crippen LogP contribution in [0.25, 0.3) is 0 Å². The standard InChI is InChI=1S/C17H19NO3S/c1-3-8-21-16-7-6-13(12(2)19)10-15(16)18-17(20)11-14-5-4-9-22-14/h4-7,9-10H,3,8,11H2,1-2H3,(H,18,20). The second-order valence-electron chi connectivity index (χ2n) is 4.92. The Morgan fingerprint density at radius 2 is 2.09 bits per heavy atom. The summed E-state index contributed by atoms with van der Waals surface area (Å²) < 4.78 is 5.63. The molecule has 0 atom stereocenters. The smallest absolute Gasteiger partial charge is 0.229 e. The van der Waals surface area contributed by atoms with Crippen LogP contribution in [0, 0.1) is 0 Å². The number of rotatable bonds is 7. The normalized spacial score (nSPS) is 10.3. The van der Waals surface area contributed by atoms with Gasteiger partial charge in [-0.1, -0.05) is 13.0 Å². The predicted molar refractivity (Wildman–Crippen MR) is 88.9 cm³/mol. The molecular weight excluding hydrogens is 298 g/mol. The van der Waals surface area contributed by atoms with Gasteiger partial charge in [-0.25, -0.2) is 0 Å². The van der Waals surface area contributed by atoms with E-state index in [-0.39, 0.29) is 11.7 Å². The molecule has 1 heterocycles. The summed E-state index contributed by atoms with van der Waals surface area (Å²) in [7, 11) is 0. The van der Waals surface area contributed by atoms with Crippen LogP contribution >= 0.6 is 11.3 Å². The van der Waals surface area contributed by atoms with E-state index in [9.17, 15) is 9.59 Å². The molecule has 2 rings (SSSR count). The average Bonchev–Trinajstić information content (AvgIpc) is 2.98. The van der Waals surface area contributed by atoms with Crippen LogP contribution < -0.4 is 10.1 Å². The lowest BCUT2D eigenvalue weighted by molar-refractivity contribution is -0.115. The molecule has 1 aromatic carbocycles. The van der Waals surface area contributed by atoms with Crippen molar-refractivity contribution in [2.45, 2.75) is 26.7 Å². The van der Waals surface area contributed by atoms with Gasteiger partial charge in [-0.3, -0.25) is 9.59 Å². The van der Waals surface area contributed by atoms with E-state index in [4.69, 9.17) is 4.74 Å². The van der Waals surface area contributed by atoms with Crippen molar-refractivity contribution >= 4 is 28.7 Å². The topological polar surface area (TPSA) is 55.4 Å². The first-order valence-electron chi connectivity index (χ1n) is 7.20. The van der Waals surface area contributed by atoms with E-state index in [1.165, 1.54) is 6.92 Å². The molecule has 1 amide bonds. The number of carbonyl (C=O) groups is 2. The number of amides is 1. The first-order valence-corrected chi connectivity index (χ1v) is 8.08. The van der Waals surface area contributed by atoms with E-state index in [0.29, 0.717) is 30.0 Å². The molecular formula is C17H19NO3S. The molecule has 0 unspecified atom stereocenters. The van der Waals surface area contributed by atoms with E-state index < -0.39 is 0 Å². The number of nitrogens with one attached hydrogen (secondary N) is 1. The van der Waals surface area contributed by atoms with E-state index in [0.717, 1.165) is 11.3 Å². The lowest BCUT2D eigenvalue weighted by Crippen LogP contribution is -2.15. The lowest BCUT2D eigenvalue weighted by Gasteiger charge is -2.13. The first-order chi connectivity index (χ1) is 10.6.